The predicted octanol–water partition coefficient (Wildman–Crippen LogP) is 10.4. The first-order valence-electron chi connectivity index (χ1n) is 21.2. The van der Waals surface area contributed by atoms with Gasteiger partial charge in [0.2, 0.25) is 0 Å². The number of allylic oxidation sites excluding steroid dienone is 2. The second-order valence-electron chi connectivity index (χ2n) is 20.1. The van der Waals surface area contributed by atoms with E-state index in [0.29, 0.717) is 11.5 Å². The largest absolute Gasteiger partial charge is 0.312 e. The standard InChI is InChI=1S/C15H29N.C15H27N.C14H28N2/c2*1-12(2)9-14-10-15(11-14)5-7-16(8-6-15)13(3)4;1-11(2)15-13-9-14(10-13)5-7-16(8-6-14)12(3)4/h12-14H,5-11H2,1-4H3;9,12-13H,5-8,10-11H2,1-4H3;11-13,15H,5-10H2,1-4H3. The van der Waals surface area contributed by atoms with Gasteiger partial charge in [-0.1, -0.05) is 53.2 Å². The Bertz CT molecular complexity index is 877. The van der Waals surface area contributed by atoms with Crippen molar-refractivity contribution in [2.75, 3.05) is 39.3 Å². The van der Waals surface area contributed by atoms with Crippen LogP contribution in [0.3, 0.4) is 0 Å². The minimum absolute atomic E-state index is 0.651. The third kappa shape index (κ3) is 11.3. The Balaban J connectivity index is 0.000000163. The Kier molecular flexibility index (Phi) is 14.6. The van der Waals surface area contributed by atoms with Crippen LogP contribution in [-0.4, -0.2) is 84.2 Å². The van der Waals surface area contributed by atoms with E-state index >= 15 is 0 Å². The summed E-state index contributed by atoms with van der Waals surface area (Å²) in [6, 6.07) is 3.69. The Morgan fingerprint density at radius 2 is 0.938 bits per heavy atom. The Morgan fingerprint density at radius 3 is 1.27 bits per heavy atom. The van der Waals surface area contributed by atoms with Gasteiger partial charge in [-0.15, -0.1) is 0 Å². The molecule has 3 saturated carbocycles. The Hall–Kier alpha value is -0.420. The van der Waals surface area contributed by atoms with Crippen molar-refractivity contribution in [2.24, 2.45) is 34.0 Å². The molecule has 3 aliphatic heterocycles. The van der Waals surface area contributed by atoms with Crippen molar-refractivity contribution in [3.8, 4) is 0 Å². The molecule has 48 heavy (non-hydrogen) atoms. The molecule has 0 radical (unpaired) electrons. The monoisotopic (exact) mass is 669 g/mol. The van der Waals surface area contributed by atoms with Crippen molar-refractivity contribution >= 4 is 0 Å². The fourth-order valence-corrected chi connectivity index (χ4v) is 10.8. The maximum atomic E-state index is 3.67. The summed E-state index contributed by atoms with van der Waals surface area (Å²) in [6.07, 6.45) is 21.4. The lowest BCUT2D eigenvalue weighted by Crippen LogP contribution is -2.55. The van der Waals surface area contributed by atoms with Gasteiger partial charge in [-0.25, -0.2) is 0 Å². The van der Waals surface area contributed by atoms with E-state index in [1.807, 2.05) is 0 Å². The number of likely N-dealkylation sites (tertiary alicyclic amines) is 3. The third-order valence-corrected chi connectivity index (χ3v) is 13.7. The van der Waals surface area contributed by atoms with Crippen LogP contribution in [0.2, 0.25) is 0 Å². The fraction of sp³-hybridized carbons (Fsp3) is 0.955. The number of nitrogens with zero attached hydrogens (tertiary/aromatic N) is 3. The molecule has 6 fully saturated rings. The van der Waals surface area contributed by atoms with Crippen molar-refractivity contribution in [1.82, 2.24) is 20.0 Å². The smallest absolute Gasteiger partial charge is 0.00800 e. The van der Waals surface area contributed by atoms with Crippen LogP contribution in [0.15, 0.2) is 11.6 Å². The summed E-state index contributed by atoms with van der Waals surface area (Å²) in [5.41, 5.74) is 3.95. The topological polar surface area (TPSA) is 21.8 Å². The van der Waals surface area contributed by atoms with Crippen LogP contribution in [-0.2, 0) is 0 Å². The minimum atomic E-state index is 0.651. The summed E-state index contributed by atoms with van der Waals surface area (Å²) >= 11 is 0. The SMILES string of the molecule is CC(C)C=C1CC2(CCN(C(C)C)CC2)C1.CC(C)CC1CC2(CCN(C(C)C)CC2)C1.CC(C)NC1CC2(CCN(C(C)C)CC2)C1. The van der Waals surface area contributed by atoms with Gasteiger partial charge in [-0.2, -0.15) is 0 Å². The molecular weight excluding hydrogens is 585 g/mol. The Labute approximate surface area is 301 Å². The van der Waals surface area contributed by atoms with Crippen LogP contribution >= 0.6 is 0 Å². The van der Waals surface area contributed by atoms with Gasteiger partial charge >= 0.3 is 0 Å². The van der Waals surface area contributed by atoms with Gasteiger partial charge in [-0.05, 0) is 198 Å². The summed E-state index contributed by atoms with van der Waals surface area (Å²) in [7, 11) is 0. The van der Waals surface area contributed by atoms with Crippen molar-refractivity contribution in [2.45, 2.75) is 197 Å². The second-order valence-corrected chi connectivity index (χ2v) is 20.1. The minimum Gasteiger partial charge on any atom is -0.312 e. The van der Waals surface area contributed by atoms with E-state index in [4.69, 9.17) is 0 Å². The van der Waals surface area contributed by atoms with Crippen LogP contribution in [0.4, 0.5) is 0 Å². The summed E-state index contributed by atoms with van der Waals surface area (Å²) in [6.45, 7) is 35.8. The Morgan fingerprint density at radius 1 is 0.562 bits per heavy atom. The molecule has 6 aliphatic rings. The quantitative estimate of drug-likeness (QED) is 0.260. The van der Waals surface area contributed by atoms with Gasteiger partial charge in [0.1, 0.15) is 0 Å². The summed E-state index contributed by atoms with van der Waals surface area (Å²) in [5, 5.41) is 3.67. The molecule has 280 valence electrons. The van der Waals surface area contributed by atoms with Crippen LogP contribution in [0.5, 0.6) is 0 Å². The molecular formula is C44H84N4. The molecule has 4 heteroatoms. The van der Waals surface area contributed by atoms with Crippen molar-refractivity contribution < 1.29 is 0 Å². The summed E-state index contributed by atoms with van der Waals surface area (Å²) < 4.78 is 0. The van der Waals surface area contributed by atoms with Crippen molar-refractivity contribution in [1.29, 1.82) is 0 Å². The molecule has 3 spiro atoms. The molecule has 3 aliphatic carbocycles. The lowest BCUT2D eigenvalue weighted by Gasteiger charge is -2.53. The average Bonchev–Trinajstić information content (AvgIpc) is 2.95. The van der Waals surface area contributed by atoms with Crippen LogP contribution in [0.1, 0.15) is 167 Å². The number of hydrogen-bond donors (Lipinski definition) is 1. The van der Waals surface area contributed by atoms with Gasteiger partial charge < -0.3 is 20.0 Å². The van der Waals surface area contributed by atoms with Crippen molar-refractivity contribution in [3.63, 3.8) is 0 Å². The fourth-order valence-electron chi connectivity index (χ4n) is 10.8. The van der Waals surface area contributed by atoms with Gasteiger partial charge in [-0.3, -0.25) is 0 Å². The van der Waals surface area contributed by atoms with E-state index < -0.39 is 0 Å². The van der Waals surface area contributed by atoms with Crippen LogP contribution in [0.25, 0.3) is 0 Å². The van der Waals surface area contributed by atoms with Gasteiger partial charge in [0.05, 0.1) is 0 Å². The van der Waals surface area contributed by atoms with E-state index in [1.165, 1.54) is 123 Å². The van der Waals surface area contributed by atoms with Crippen molar-refractivity contribution in [3.05, 3.63) is 11.6 Å². The summed E-state index contributed by atoms with van der Waals surface area (Å²) in [5.74, 6) is 2.70. The van der Waals surface area contributed by atoms with E-state index in [0.717, 1.165) is 52.8 Å². The van der Waals surface area contributed by atoms with Gasteiger partial charge in [0, 0.05) is 30.2 Å². The lowest BCUT2D eigenvalue weighted by molar-refractivity contribution is -0.0269. The average molecular weight is 669 g/mol. The second kappa shape index (κ2) is 17.4. The van der Waals surface area contributed by atoms with Crippen LogP contribution in [0, 0.1) is 34.0 Å². The lowest BCUT2D eigenvalue weighted by atomic mass is 9.56. The molecule has 0 amide bonds. The maximum Gasteiger partial charge on any atom is 0.00800 e. The normalized spacial score (nSPS) is 28.4. The number of piperidine rings is 3. The molecule has 0 unspecified atom stereocenters. The first kappa shape index (κ1) is 40.4. The maximum absolute atomic E-state index is 3.67. The summed E-state index contributed by atoms with van der Waals surface area (Å²) in [4.78, 5) is 7.92. The van der Waals surface area contributed by atoms with Gasteiger partial charge in [0.25, 0.3) is 0 Å². The van der Waals surface area contributed by atoms with E-state index in [2.05, 4.69) is 109 Å². The molecule has 3 saturated heterocycles. The number of nitrogens with one attached hydrogen (secondary N) is 1. The highest BCUT2D eigenvalue weighted by Gasteiger charge is 2.47. The number of hydrogen-bond acceptors (Lipinski definition) is 4. The molecule has 0 aromatic rings. The molecule has 0 aromatic carbocycles. The molecule has 6 rings (SSSR count). The first-order valence-corrected chi connectivity index (χ1v) is 21.2. The molecule has 3 heterocycles. The molecule has 0 atom stereocenters. The van der Waals surface area contributed by atoms with Gasteiger partial charge in [0.15, 0.2) is 0 Å². The first-order chi connectivity index (χ1) is 22.5. The molecule has 1 N–H and O–H groups in total. The highest BCUT2D eigenvalue weighted by atomic mass is 15.2. The zero-order chi connectivity index (χ0) is 35.3. The third-order valence-electron chi connectivity index (χ3n) is 13.7. The van der Waals surface area contributed by atoms with E-state index in [1.54, 1.807) is 5.57 Å². The molecule has 4 nitrogen and oxygen atoms in total. The van der Waals surface area contributed by atoms with E-state index in [-0.39, 0.29) is 0 Å². The predicted molar refractivity (Wildman–Crippen MR) is 211 cm³/mol. The number of rotatable bonds is 8. The van der Waals surface area contributed by atoms with E-state index in [9.17, 15) is 0 Å². The highest BCUT2D eigenvalue weighted by molar-refractivity contribution is 5.20. The van der Waals surface area contributed by atoms with Crippen LogP contribution < -0.4 is 5.32 Å². The zero-order valence-electron chi connectivity index (χ0n) is 34.5. The molecule has 0 aromatic heterocycles. The molecule has 0 bridgehead atoms. The highest BCUT2D eigenvalue weighted by Crippen LogP contribution is 2.55. The zero-order valence-corrected chi connectivity index (χ0v) is 34.5.